The fourth-order valence-corrected chi connectivity index (χ4v) is 6.88. The first-order valence-corrected chi connectivity index (χ1v) is 16.7. The molecule has 3 fully saturated rings. The second kappa shape index (κ2) is 14.4. The van der Waals surface area contributed by atoms with Crippen molar-refractivity contribution in [2.75, 3.05) is 24.8 Å². The van der Waals surface area contributed by atoms with E-state index in [1.54, 1.807) is 31.4 Å². The van der Waals surface area contributed by atoms with E-state index in [-0.39, 0.29) is 41.5 Å². The topological polar surface area (TPSA) is 136 Å². The number of anilines is 1. The van der Waals surface area contributed by atoms with Crippen LogP contribution in [0.4, 0.5) is 10.5 Å². The van der Waals surface area contributed by atoms with Crippen LogP contribution in [0.1, 0.15) is 80.1 Å². The van der Waals surface area contributed by atoms with Crippen LogP contribution in [0, 0.1) is 11.3 Å². The molecule has 1 spiro atoms. The number of carbonyl (C=O) groups is 4. The summed E-state index contributed by atoms with van der Waals surface area (Å²) in [4.78, 5) is 50.4. The van der Waals surface area contributed by atoms with Gasteiger partial charge in [-0.15, -0.1) is 11.8 Å². The molecule has 0 aromatic heterocycles. The van der Waals surface area contributed by atoms with E-state index in [0.717, 1.165) is 17.7 Å². The zero-order valence-corrected chi connectivity index (χ0v) is 28.3. The van der Waals surface area contributed by atoms with Crippen molar-refractivity contribution < 1.29 is 38.1 Å². The van der Waals surface area contributed by atoms with Gasteiger partial charge in [-0.05, 0) is 70.7 Å². The predicted molar refractivity (Wildman–Crippen MR) is 172 cm³/mol. The Bertz CT molecular complexity index is 1280. The molecule has 1 aromatic rings. The van der Waals surface area contributed by atoms with Crippen LogP contribution in [-0.2, 0) is 33.3 Å². The molecule has 6 atom stereocenters. The van der Waals surface area contributed by atoms with Gasteiger partial charge in [-0.25, -0.2) is 4.79 Å². The van der Waals surface area contributed by atoms with Gasteiger partial charge in [0.15, 0.2) is 0 Å². The van der Waals surface area contributed by atoms with Gasteiger partial charge < -0.3 is 24.3 Å². The van der Waals surface area contributed by atoms with Crippen LogP contribution in [0.3, 0.4) is 0 Å². The second-order valence-corrected chi connectivity index (χ2v) is 14.8. The van der Waals surface area contributed by atoms with Crippen molar-refractivity contribution in [2.24, 2.45) is 11.3 Å². The number of benzene rings is 1. The number of allylic oxidation sites excluding steroid dienone is 1. The number of epoxide rings is 2. The Morgan fingerprint density at radius 2 is 1.78 bits per heavy atom. The van der Waals surface area contributed by atoms with Crippen molar-refractivity contribution in [3.63, 3.8) is 0 Å². The van der Waals surface area contributed by atoms with Crippen LogP contribution in [0.15, 0.2) is 40.8 Å². The fraction of sp³-hybridized carbons (Fsp3) is 0.647. The Morgan fingerprint density at radius 1 is 1.09 bits per heavy atom. The quantitative estimate of drug-likeness (QED) is 0.154. The van der Waals surface area contributed by atoms with E-state index < -0.39 is 35.2 Å². The summed E-state index contributed by atoms with van der Waals surface area (Å²) in [5.41, 5.74) is 0.686. The molecule has 10 nitrogen and oxygen atoms in total. The smallest absolute Gasteiger partial charge is 0.414 e. The van der Waals surface area contributed by atoms with Crippen molar-refractivity contribution in [2.45, 2.75) is 114 Å². The van der Waals surface area contributed by atoms with Gasteiger partial charge >= 0.3 is 6.09 Å². The average molecular weight is 645 g/mol. The number of Topliss-reactive ketones (excluding diaryl/α,β-unsaturated/α-hetero) is 1. The highest BCUT2D eigenvalue weighted by Gasteiger charge is 2.72. The molecule has 3 amide bonds. The molecular weight excluding hydrogens is 596 g/mol. The Hall–Kier alpha value is -2.73. The maximum absolute atomic E-state index is 12.7. The molecule has 2 heterocycles. The minimum absolute atomic E-state index is 0.0124. The number of alkyl carbamates (subject to hydrolysis) is 1. The van der Waals surface area contributed by atoms with Crippen LogP contribution in [0.25, 0.3) is 0 Å². The molecule has 248 valence electrons. The molecule has 1 saturated carbocycles. The Balaban J connectivity index is 1.21. The van der Waals surface area contributed by atoms with Crippen LogP contribution in [0.2, 0.25) is 0 Å². The van der Waals surface area contributed by atoms with Gasteiger partial charge in [0.25, 0.3) is 0 Å². The molecule has 2 N–H and O–H groups in total. The highest BCUT2D eigenvalue weighted by Crippen LogP contribution is 2.59. The molecule has 45 heavy (non-hydrogen) atoms. The van der Waals surface area contributed by atoms with Crippen molar-refractivity contribution in [1.29, 1.82) is 0 Å². The number of rotatable bonds is 13. The third-order valence-electron chi connectivity index (χ3n) is 8.89. The molecule has 2 aliphatic heterocycles. The van der Waals surface area contributed by atoms with Crippen LogP contribution < -0.4 is 10.6 Å². The number of imide groups is 1. The van der Waals surface area contributed by atoms with Crippen molar-refractivity contribution in [1.82, 2.24) is 5.32 Å². The van der Waals surface area contributed by atoms with E-state index >= 15 is 0 Å². The first-order valence-electron chi connectivity index (χ1n) is 15.7. The molecule has 0 bridgehead atoms. The summed E-state index contributed by atoms with van der Waals surface area (Å²) in [6, 6.07) is 7.09. The van der Waals surface area contributed by atoms with Crippen LogP contribution in [-0.4, -0.2) is 72.7 Å². The molecule has 1 aromatic carbocycles. The monoisotopic (exact) mass is 644 g/mol. The Morgan fingerprint density at radius 3 is 2.38 bits per heavy atom. The van der Waals surface area contributed by atoms with E-state index in [2.05, 4.69) is 37.5 Å². The summed E-state index contributed by atoms with van der Waals surface area (Å²) in [7, 11) is 1.61. The average Bonchev–Trinajstić information content (AvgIpc) is 3.88. The number of ether oxygens (including phenoxy) is 4. The van der Waals surface area contributed by atoms with Gasteiger partial charge in [-0.3, -0.25) is 19.7 Å². The number of thioether (sulfide) groups is 1. The molecule has 11 heteroatoms. The van der Waals surface area contributed by atoms with Crippen molar-refractivity contribution in [3.05, 3.63) is 35.9 Å². The standard InChI is InChI=1S/C34H48N2O8S/c1-21(2)11-16-26-33(6,44-26)30-29(41-7)24(17-18-34(30)20-42-34)43-31(40)36-28(39)19-45-23-14-12-22(13-15-23)35-27(38)10-8-9-25(37)32(3,4)5/h11-15,24,26,29-30H,8-10,16-20H2,1-7H3,(H,35,38)(H,36,39,40)/t24-,26-,29-,30-,33-,34+/m1/s1. The van der Waals surface area contributed by atoms with Gasteiger partial charge in [0.2, 0.25) is 11.8 Å². The number of nitrogens with one attached hydrogen (secondary N) is 2. The Kier molecular flexibility index (Phi) is 11.2. The molecule has 4 rings (SSSR count). The third-order valence-corrected chi connectivity index (χ3v) is 9.90. The Labute approximate surface area is 270 Å². The number of methoxy groups -OCH3 is 1. The predicted octanol–water partition coefficient (Wildman–Crippen LogP) is 5.83. The van der Waals surface area contributed by atoms with Crippen molar-refractivity contribution in [3.8, 4) is 0 Å². The minimum Gasteiger partial charge on any atom is -0.443 e. The maximum atomic E-state index is 12.7. The number of carbonyl (C=O) groups excluding carboxylic acids is 4. The minimum atomic E-state index is -0.802. The molecule has 2 saturated heterocycles. The largest absolute Gasteiger partial charge is 0.443 e. The lowest BCUT2D eigenvalue weighted by Crippen LogP contribution is -2.56. The lowest BCUT2D eigenvalue weighted by molar-refractivity contribution is -0.126. The summed E-state index contributed by atoms with van der Waals surface area (Å²) < 4.78 is 23.8. The lowest BCUT2D eigenvalue weighted by Gasteiger charge is -2.42. The summed E-state index contributed by atoms with van der Waals surface area (Å²) in [5.74, 6) is -0.585. The van der Waals surface area contributed by atoms with E-state index in [1.807, 2.05) is 20.8 Å². The normalized spacial score (nSPS) is 28.6. The van der Waals surface area contributed by atoms with E-state index in [4.69, 9.17) is 18.9 Å². The first-order chi connectivity index (χ1) is 21.2. The highest BCUT2D eigenvalue weighted by molar-refractivity contribution is 8.00. The van der Waals surface area contributed by atoms with E-state index in [9.17, 15) is 19.2 Å². The van der Waals surface area contributed by atoms with E-state index in [0.29, 0.717) is 31.6 Å². The third kappa shape index (κ3) is 9.18. The van der Waals surface area contributed by atoms with Gasteiger partial charge in [0, 0.05) is 35.9 Å². The summed E-state index contributed by atoms with van der Waals surface area (Å²) in [5, 5.41) is 5.16. The van der Waals surface area contributed by atoms with Crippen LogP contribution in [0.5, 0.6) is 0 Å². The number of hydrogen-bond acceptors (Lipinski definition) is 9. The molecule has 1 aliphatic carbocycles. The van der Waals surface area contributed by atoms with Crippen molar-refractivity contribution >= 4 is 41.1 Å². The van der Waals surface area contributed by atoms with Gasteiger partial charge in [-0.2, -0.15) is 0 Å². The summed E-state index contributed by atoms with van der Waals surface area (Å²) >= 11 is 1.26. The number of amides is 3. The second-order valence-electron chi connectivity index (χ2n) is 13.8. The highest BCUT2D eigenvalue weighted by atomic mass is 32.2. The summed E-state index contributed by atoms with van der Waals surface area (Å²) in [6.07, 6.45) is 3.67. The fourth-order valence-electron chi connectivity index (χ4n) is 6.18. The SMILES string of the molecule is CO[C@@H]1[C@H](OC(=O)NC(=O)CSc2ccc(NC(=O)CCCC(=O)C(C)(C)C)cc2)CC[C@]2(CO2)[C@H]1[C@]1(C)O[C@@H]1CC=C(C)C. The van der Waals surface area contributed by atoms with Gasteiger partial charge in [0.05, 0.1) is 24.4 Å². The van der Waals surface area contributed by atoms with Gasteiger partial charge in [0.1, 0.15) is 29.2 Å². The zero-order chi connectivity index (χ0) is 33.0. The maximum Gasteiger partial charge on any atom is 0.414 e. The van der Waals surface area contributed by atoms with Gasteiger partial charge in [-0.1, -0.05) is 32.4 Å². The molecule has 0 unspecified atom stereocenters. The summed E-state index contributed by atoms with van der Waals surface area (Å²) in [6.45, 7) is 12.5. The van der Waals surface area contributed by atoms with E-state index in [1.165, 1.54) is 17.3 Å². The molecular formula is C34H48N2O8S. The number of hydrogen-bond donors (Lipinski definition) is 2. The molecule has 3 aliphatic rings. The van der Waals surface area contributed by atoms with Crippen LogP contribution >= 0.6 is 11.8 Å². The molecule has 0 radical (unpaired) electrons. The first kappa shape index (κ1) is 35.1. The lowest BCUT2D eigenvalue weighted by atomic mass is 9.68. The zero-order valence-electron chi connectivity index (χ0n) is 27.5. The number of ketones is 1.